The molecule has 0 amide bonds. The Morgan fingerprint density at radius 1 is 0.957 bits per heavy atom. The summed E-state index contributed by atoms with van der Waals surface area (Å²) in [5, 5.41) is 2.97. The number of hydrogen-bond acceptors (Lipinski definition) is 5. The minimum absolute atomic E-state index is 0.149. The zero-order chi connectivity index (χ0) is 15.8. The van der Waals surface area contributed by atoms with Gasteiger partial charge in [-0.2, -0.15) is 4.98 Å². The summed E-state index contributed by atoms with van der Waals surface area (Å²) < 4.78 is 5.54. The Bertz CT molecular complexity index is 936. The van der Waals surface area contributed by atoms with E-state index in [1.165, 1.54) is 6.08 Å². The van der Waals surface area contributed by atoms with Gasteiger partial charge in [-0.05, 0) is 18.2 Å². The second kappa shape index (κ2) is 5.21. The summed E-state index contributed by atoms with van der Waals surface area (Å²) in [5.41, 5.74) is 2.69. The van der Waals surface area contributed by atoms with Crippen molar-refractivity contribution < 1.29 is 14.0 Å². The molecule has 1 aliphatic rings. The molecule has 0 radical (unpaired) electrons. The fraction of sp³-hybridized carbons (Fsp3) is 0.0556. The van der Waals surface area contributed by atoms with E-state index in [-0.39, 0.29) is 18.1 Å². The second-order valence-corrected chi connectivity index (χ2v) is 5.25. The summed E-state index contributed by atoms with van der Waals surface area (Å²) in [4.78, 5) is 28.8. The van der Waals surface area contributed by atoms with Gasteiger partial charge in [0.25, 0.3) is 6.01 Å². The van der Waals surface area contributed by atoms with Gasteiger partial charge in [-0.15, -0.1) is 0 Å². The van der Waals surface area contributed by atoms with Crippen LogP contribution in [-0.4, -0.2) is 23.1 Å². The number of carbonyl (C=O) groups excluding carboxylic acids is 2. The molecule has 0 atom stereocenters. The monoisotopic (exact) mass is 304 g/mol. The predicted molar refractivity (Wildman–Crippen MR) is 85.7 cm³/mol. The van der Waals surface area contributed by atoms with E-state index in [0.29, 0.717) is 28.3 Å². The lowest BCUT2D eigenvalue weighted by Crippen LogP contribution is -2.21. The van der Waals surface area contributed by atoms with Crippen molar-refractivity contribution in [2.75, 3.05) is 11.9 Å². The molecule has 4 rings (SSSR count). The molecule has 0 aliphatic heterocycles. The molecule has 0 spiro atoms. The number of hydrogen-bond donors (Lipinski definition) is 1. The normalized spacial score (nSPS) is 13.8. The zero-order valence-electron chi connectivity index (χ0n) is 12.1. The number of Topliss-reactive ketones (excluding diaryl/α,β-unsaturated/α-hetero) is 1. The molecule has 0 saturated heterocycles. The SMILES string of the molecule is O=C1C=C(CNc2nc3ccccc3o2)C(=O)c2ccccc21. The van der Waals surface area contributed by atoms with E-state index in [9.17, 15) is 9.59 Å². The van der Waals surface area contributed by atoms with Crippen molar-refractivity contribution in [1.29, 1.82) is 0 Å². The van der Waals surface area contributed by atoms with E-state index in [1.807, 2.05) is 24.3 Å². The molecule has 2 aromatic carbocycles. The molecule has 5 heteroatoms. The average molecular weight is 304 g/mol. The first-order valence-electron chi connectivity index (χ1n) is 7.20. The number of nitrogens with zero attached hydrogens (tertiary/aromatic N) is 1. The summed E-state index contributed by atoms with van der Waals surface area (Å²) >= 11 is 0. The van der Waals surface area contributed by atoms with Crippen molar-refractivity contribution in [3.8, 4) is 0 Å². The molecule has 1 aliphatic carbocycles. The number of fused-ring (bicyclic) bond motifs is 2. The van der Waals surface area contributed by atoms with Crippen LogP contribution < -0.4 is 5.32 Å². The number of benzene rings is 2. The second-order valence-electron chi connectivity index (χ2n) is 5.25. The van der Waals surface area contributed by atoms with Crippen LogP contribution in [0.25, 0.3) is 11.1 Å². The first-order valence-corrected chi connectivity index (χ1v) is 7.20. The number of nitrogens with one attached hydrogen (secondary N) is 1. The Balaban J connectivity index is 1.57. The van der Waals surface area contributed by atoms with E-state index in [2.05, 4.69) is 10.3 Å². The number of rotatable bonds is 3. The van der Waals surface area contributed by atoms with Crippen LogP contribution in [0.2, 0.25) is 0 Å². The number of allylic oxidation sites excluding steroid dienone is 1. The van der Waals surface area contributed by atoms with Crippen molar-refractivity contribution in [3.05, 3.63) is 71.3 Å². The summed E-state index contributed by atoms with van der Waals surface area (Å²) in [6, 6.07) is 14.6. The van der Waals surface area contributed by atoms with Gasteiger partial charge in [0, 0.05) is 23.2 Å². The molecule has 0 saturated carbocycles. The Labute approximate surface area is 131 Å². The van der Waals surface area contributed by atoms with Gasteiger partial charge in [0.15, 0.2) is 17.1 Å². The maximum Gasteiger partial charge on any atom is 0.295 e. The maximum atomic E-state index is 12.4. The number of oxazole rings is 1. The van der Waals surface area contributed by atoms with E-state index in [1.54, 1.807) is 24.3 Å². The van der Waals surface area contributed by atoms with Gasteiger partial charge >= 0.3 is 0 Å². The molecule has 112 valence electrons. The van der Waals surface area contributed by atoms with Gasteiger partial charge in [-0.1, -0.05) is 36.4 Å². The first kappa shape index (κ1) is 13.5. The highest BCUT2D eigenvalue weighted by atomic mass is 16.4. The van der Waals surface area contributed by atoms with E-state index >= 15 is 0 Å². The number of carbonyl (C=O) groups is 2. The van der Waals surface area contributed by atoms with Crippen molar-refractivity contribution in [2.24, 2.45) is 0 Å². The highest BCUT2D eigenvalue weighted by molar-refractivity contribution is 6.24. The van der Waals surface area contributed by atoms with Crippen molar-refractivity contribution in [3.63, 3.8) is 0 Å². The first-order chi connectivity index (χ1) is 11.2. The average Bonchev–Trinajstić information content (AvgIpc) is 3.00. The molecule has 23 heavy (non-hydrogen) atoms. The Morgan fingerprint density at radius 2 is 1.70 bits per heavy atom. The van der Waals surface area contributed by atoms with Crippen LogP contribution in [0.1, 0.15) is 20.7 Å². The molecule has 0 bridgehead atoms. The van der Waals surface area contributed by atoms with E-state index in [0.717, 1.165) is 5.52 Å². The third-order valence-corrected chi connectivity index (χ3v) is 3.76. The van der Waals surface area contributed by atoms with Gasteiger partial charge in [-0.3, -0.25) is 9.59 Å². The minimum Gasteiger partial charge on any atom is -0.424 e. The van der Waals surface area contributed by atoms with Crippen LogP contribution in [0.15, 0.2) is 64.6 Å². The van der Waals surface area contributed by atoms with Crippen LogP contribution in [0.3, 0.4) is 0 Å². The van der Waals surface area contributed by atoms with Crippen LogP contribution in [-0.2, 0) is 0 Å². The van der Waals surface area contributed by atoms with Crippen LogP contribution >= 0.6 is 0 Å². The minimum atomic E-state index is -0.158. The Morgan fingerprint density at radius 3 is 2.52 bits per heavy atom. The van der Waals surface area contributed by atoms with Crippen LogP contribution in [0.5, 0.6) is 0 Å². The molecule has 0 unspecified atom stereocenters. The van der Waals surface area contributed by atoms with Crippen LogP contribution in [0.4, 0.5) is 6.01 Å². The highest BCUT2D eigenvalue weighted by Crippen LogP contribution is 2.22. The lowest BCUT2D eigenvalue weighted by molar-refractivity contribution is 0.0984. The molecule has 1 aromatic heterocycles. The number of ketones is 2. The third-order valence-electron chi connectivity index (χ3n) is 3.76. The van der Waals surface area contributed by atoms with Crippen molar-refractivity contribution in [2.45, 2.75) is 0 Å². The molecule has 1 N–H and O–H groups in total. The quantitative estimate of drug-likeness (QED) is 0.804. The number of anilines is 1. The van der Waals surface area contributed by atoms with Gasteiger partial charge in [0.1, 0.15) is 5.52 Å². The van der Waals surface area contributed by atoms with E-state index < -0.39 is 0 Å². The Hall–Kier alpha value is -3.21. The topological polar surface area (TPSA) is 72.2 Å². The number of aromatic nitrogens is 1. The highest BCUT2D eigenvalue weighted by Gasteiger charge is 2.24. The molecule has 5 nitrogen and oxygen atoms in total. The fourth-order valence-electron chi connectivity index (χ4n) is 2.62. The van der Waals surface area contributed by atoms with Crippen molar-refractivity contribution in [1.82, 2.24) is 4.98 Å². The van der Waals surface area contributed by atoms with Gasteiger partial charge < -0.3 is 9.73 Å². The van der Waals surface area contributed by atoms with Crippen molar-refractivity contribution >= 4 is 28.7 Å². The molecule has 1 heterocycles. The van der Waals surface area contributed by atoms with E-state index in [4.69, 9.17) is 4.42 Å². The molecule has 3 aromatic rings. The smallest absolute Gasteiger partial charge is 0.295 e. The molecule has 0 fully saturated rings. The van der Waals surface area contributed by atoms with Gasteiger partial charge in [-0.25, -0.2) is 0 Å². The molecular formula is C18H12N2O3. The molecular weight excluding hydrogens is 292 g/mol. The van der Waals surface area contributed by atoms with Crippen LogP contribution in [0, 0.1) is 0 Å². The third kappa shape index (κ3) is 2.32. The summed E-state index contributed by atoms with van der Waals surface area (Å²) in [7, 11) is 0. The zero-order valence-corrected chi connectivity index (χ0v) is 12.1. The largest absolute Gasteiger partial charge is 0.424 e. The fourth-order valence-corrected chi connectivity index (χ4v) is 2.62. The predicted octanol–water partition coefficient (Wildman–Crippen LogP) is 3.25. The number of para-hydroxylation sites is 2. The lowest BCUT2D eigenvalue weighted by Gasteiger charge is -2.14. The summed E-state index contributed by atoms with van der Waals surface area (Å²) in [6.45, 7) is 0.186. The Kier molecular flexibility index (Phi) is 3.05. The summed E-state index contributed by atoms with van der Waals surface area (Å²) in [5.74, 6) is -0.307. The summed E-state index contributed by atoms with van der Waals surface area (Å²) in [6.07, 6.45) is 1.38. The van der Waals surface area contributed by atoms with Gasteiger partial charge in [0.05, 0.1) is 0 Å². The maximum absolute atomic E-state index is 12.4. The standard InChI is InChI=1S/C18H12N2O3/c21-15-9-11(17(22)13-6-2-1-5-12(13)15)10-19-18-20-14-7-3-4-8-16(14)23-18/h1-9H,10H2,(H,19,20). The lowest BCUT2D eigenvalue weighted by atomic mass is 9.89. The van der Waals surface area contributed by atoms with Gasteiger partial charge in [0.2, 0.25) is 0 Å².